The standard InChI is InChI=1S/C44H50F2N8O3S/c1-28-22-53(23-29(2)48-28)24-30-6-12-38(32(18-30)25-52-14-16-58-17-15-52)31-4-3-5-37(19-31)57-44-39(20-34(46)21-47-44)42(55)49-35-8-10-36(11-9-35)50-43(56)40-27-54-26-33(45)7-13-41(54)51-40/h3-7,12-13,18-21,26-29,35-36,48H,8-11,14-17,22-25H2,1-2H3,(H,49,55)(H,50,56)/t28-,29+,35-,36-. The first kappa shape index (κ1) is 39.9. The van der Waals surface area contributed by atoms with Crippen molar-refractivity contribution in [2.24, 2.45) is 0 Å². The third-order valence-electron chi connectivity index (χ3n) is 11.2. The van der Waals surface area contributed by atoms with E-state index in [0.717, 1.165) is 74.2 Å². The van der Waals surface area contributed by atoms with Crippen molar-refractivity contribution in [2.75, 3.05) is 37.7 Å². The van der Waals surface area contributed by atoms with Gasteiger partial charge in [0.15, 0.2) is 0 Å². The van der Waals surface area contributed by atoms with Crippen molar-refractivity contribution in [2.45, 2.75) is 76.8 Å². The zero-order valence-corrected chi connectivity index (χ0v) is 33.7. The van der Waals surface area contributed by atoms with Crippen molar-refractivity contribution in [3.63, 3.8) is 0 Å². The number of piperazine rings is 1. The minimum Gasteiger partial charge on any atom is -0.438 e. The Morgan fingerprint density at radius 2 is 1.59 bits per heavy atom. The van der Waals surface area contributed by atoms with Crippen LogP contribution in [-0.4, -0.2) is 97.8 Å². The Morgan fingerprint density at radius 3 is 2.34 bits per heavy atom. The van der Waals surface area contributed by atoms with Gasteiger partial charge in [0.1, 0.15) is 34.3 Å². The number of carbonyl (C=O) groups is 2. The molecule has 0 spiro atoms. The number of nitrogens with zero attached hydrogens (tertiary/aromatic N) is 5. The highest BCUT2D eigenvalue weighted by atomic mass is 32.2. The molecule has 304 valence electrons. The van der Waals surface area contributed by atoms with Crippen molar-refractivity contribution in [3.8, 4) is 22.8 Å². The second kappa shape index (κ2) is 17.9. The molecule has 2 amide bonds. The van der Waals surface area contributed by atoms with Crippen LogP contribution in [0.4, 0.5) is 8.78 Å². The maximum Gasteiger partial charge on any atom is 0.271 e. The van der Waals surface area contributed by atoms with Gasteiger partial charge in [-0.05, 0) is 92.1 Å². The van der Waals surface area contributed by atoms with Crippen LogP contribution in [0.5, 0.6) is 11.6 Å². The molecule has 5 aromatic rings. The average Bonchev–Trinajstić information content (AvgIpc) is 3.63. The number of aromatic nitrogens is 3. The lowest BCUT2D eigenvalue weighted by molar-refractivity contribution is 0.0888. The summed E-state index contributed by atoms with van der Waals surface area (Å²) < 4.78 is 35.9. The number of nitrogens with one attached hydrogen (secondary N) is 3. The Hall–Kier alpha value is -4.89. The van der Waals surface area contributed by atoms with E-state index < -0.39 is 17.5 Å². The van der Waals surface area contributed by atoms with Gasteiger partial charge in [0.05, 0.1) is 6.20 Å². The fourth-order valence-electron chi connectivity index (χ4n) is 8.47. The van der Waals surface area contributed by atoms with Gasteiger partial charge in [-0.2, -0.15) is 11.8 Å². The molecule has 0 bridgehead atoms. The molecule has 11 nitrogen and oxygen atoms in total. The number of imidazole rings is 1. The number of ether oxygens (including phenoxy) is 1. The molecule has 5 heterocycles. The van der Waals surface area contributed by atoms with E-state index >= 15 is 0 Å². The summed E-state index contributed by atoms with van der Waals surface area (Å²) in [5.41, 5.74) is 5.37. The monoisotopic (exact) mass is 808 g/mol. The Morgan fingerprint density at radius 1 is 0.845 bits per heavy atom. The maximum absolute atomic E-state index is 14.6. The topological polar surface area (TPSA) is 116 Å². The molecule has 0 unspecified atom stereocenters. The SMILES string of the molecule is C[C@@H]1CN(Cc2ccc(-c3cccc(Oc4ncc(F)cc4C(=O)N[C@H]4CC[C@H](NC(=O)c5cn6cc(F)ccc6n5)CC4)c3)c(CN3CCSCC3)c2)C[C@H](C)N1. The van der Waals surface area contributed by atoms with Crippen LogP contribution >= 0.6 is 11.8 Å². The highest BCUT2D eigenvalue weighted by Crippen LogP contribution is 2.33. The van der Waals surface area contributed by atoms with Crippen molar-refractivity contribution in [1.82, 2.24) is 40.1 Å². The highest BCUT2D eigenvalue weighted by Gasteiger charge is 2.27. The van der Waals surface area contributed by atoms with Gasteiger partial charge in [-0.25, -0.2) is 18.7 Å². The summed E-state index contributed by atoms with van der Waals surface area (Å²) in [6, 6.07) is 19.2. The zero-order chi connectivity index (χ0) is 40.2. The van der Waals surface area contributed by atoms with E-state index in [-0.39, 0.29) is 35.1 Å². The number of fused-ring (bicyclic) bond motifs is 1. The van der Waals surface area contributed by atoms with E-state index in [0.29, 0.717) is 49.2 Å². The summed E-state index contributed by atoms with van der Waals surface area (Å²) in [6.07, 6.45) is 6.31. The van der Waals surface area contributed by atoms with Crippen LogP contribution in [0.3, 0.4) is 0 Å². The smallest absolute Gasteiger partial charge is 0.271 e. The van der Waals surface area contributed by atoms with E-state index in [1.165, 1.54) is 40.1 Å². The van der Waals surface area contributed by atoms with E-state index in [9.17, 15) is 18.4 Å². The van der Waals surface area contributed by atoms with Gasteiger partial charge in [0.25, 0.3) is 11.8 Å². The first-order valence-electron chi connectivity index (χ1n) is 20.2. The summed E-state index contributed by atoms with van der Waals surface area (Å²) >= 11 is 2.00. The molecule has 14 heteroatoms. The second-order valence-corrected chi connectivity index (χ2v) is 17.1. The van der Waals surface area contributed by atoms with Gasteiger partial charge >= 0.3 is 0 Å². The first-order chi connectivity index (χ1) is 28.1. The number of hydrogen-bond acceptors (Lipinski definition) is 9. The molecule has 2 saturated heterocycles. The molecule has 3 aromatic heterocycles. The van der Waals surface area contributed by atoms with Gasteiger partial charge in [0.2, 0.25) is 5.88 Å². The highest BCUT2D eigenvalue weighted by molar-refractivity contribution is 7.99. The lowest BCUT2D eigenvalue weighted by Crippen LogP contribution is -2.53. The Bertz CT molecular complexity index is 2250. The van der Waals surface area contributed by atoms with Crippen LogP contribution < -0.4 is 20.7 Å². The van der Waals surface area contributed by atoms with Crippen LogP contribution in [0.2, 0.25) is 0 Å². The van der Waals surface area contributed by atoms with Gasteiger partial charge in [-0.1, -0.05) is 30.3 Å². The van der Waals surface area contributed by atoms with Crippen molar-refractivity contribution in [3.05, 3.63) is 113 Å². The third-order valence-corrected chi connectivity index (χ3v) is 12.1. The Labute approximate surface area is 342 Å². The second-order valence-electron chi connectivity index (χ2n) is 15.9. The molecule has 2 aromatic carbocycles. The van der Waals surface area contributed by atoms with Gasteiger partial charge < -0.3 is 25.1 Å². The van der Waals surface area contributed by atoms with Crippen LogP contribution in [0.25, 0.3) is 16.8 Å². The molecule has 2 atom stereocenters. The number of carbonyl (C=O) groups excluding carboxylic acids is 2. The molecule has 3 aliphatic rings. The van der Waals surface area contributed by atoms with Crippen LogP contribution in [0, 0.1) is 11.6 Å². The molecule has 1 saturated carbocycles. The third kappa shape index (κ3) is 9.86. The fourth-order valence-corrected chi connectivity index (χ4v) is 9.45. The zero-order valence-electron chi connectivity index (χ0n) is 32.9. The quantitative estimate of drug-likeness (QED) is 0.135. The summed E-state index contributed by atoms with van der Waals surface area (Å²) in [5, 5.41) is 9.68. The predicted octanol–water partition coefficient (Wildman–Crippen LogP) is 6.67. The molecular weight excluding hydrogens is 759 g/mol. The van der Waals surface area contributed by atoms with Gasteiger partial charge in [-0.3, -0.25) is 19.4 Å². The summed E-state index contributed by atoms with van der Waals surface area (Å²) in [4.78, 5) is 40.1. The number of amides is 2. The van der Waals surface area contributed by atoms with E-state index in [1.807, 2.05) is 30.0 Å². The molecular formula is C44H50F2N8O3S. The number of pyridine rings is 2. The number of benzene rings is 2. The summed E-state index contributed by atoms with van der Waals surface area (Å²) in [5.74, 6) is 0.897. The minimum atomic E-state index is -0.641. The summed E-state index contributed by atoms with van der Waals surface area (Å²) in [6.45, 7) is 10.4. The average molecular weight is 809 g/mol. The van der Waals surface area contributed by atoms with E-state index in [4.69, 9.17) is 4.74 Å². The molecule has 3 N–H and O–H groups in total. The first-order valence-corrected chi connectivity index (χ1v) is 21.4. The molecule has 8 rings (SSSR count). The maximum atomic E-state index is 14.6. The van der Waals surface area contributed by atoms with Crippen LogP contribution in [0.15, 0.2) is 79.3 Å². The molecule has 3 fully saturated rings. The number of rotatable bonds is 11. The molecule has 0 radical (unpaired) electrons. The molecule has 58 heavy (non-hydrogen) atoms. The Balaban J connectivity index is 0.931. The fraction of sp³-hybridized carbons (Fsp3) is 0.409. The van der Waals surface area contributed by atoms with Crippen molar-refractivity contribution in [1.29, 1.82) is 0 Å². The summed E-state index contributed by atoms with van der Waals surface area (Å²) in [7, 11) is 0. The van der Waals surface area contributed by atoms with Gasteiger partial charge in [0, 0.05) is 87.3 Å². The van der Waals surface area contributed by atoms with Crippen LogP contribution in [0.1, 0.15) is 71.5 Å². The van der Waals surface area contributed by atoms with E-state index in [2.05, 4.69) is 73.8 Å². The van der Waals surface area contributed by atoms with Crippen molar-refractivity contribution < 1.29 is 23.1 Å². The molecule has 1 aliphatic carbocycles. The number of hydrogen-bond donors (Lipinski definition) is 3. The van der Waals surface area contributed by atoms with Crippen molar-refractivity contribution >= 4 is 29.2 Å². The largest absolute Gasteiger partial charge is 0.438 e. The van der Waals surface area contributed by atoms with Gasteiger partial charge in [-0.15, -0.1) is 0 Å². The lowest BCUT2D eigenvalue weighted by atomic mass is 9.91. The number of halogens is 2. The predicted molar refractivity (Wildman–Crippen MR) is 222 cm³/mol. The van der Waals surface area contributed by atoms with E-state index in [1.54, 1.807) is 0 Å². The van der Waals surface area contributed by atoms with Crippen LogP contribution in [-0.2, 0) is 13.1 Å². The number of thioether (sulfide) groups is 1. The minimum absolute atomic E-state index is 0.00803. The Kier molecular flexibility index (Phi) is 12.3. The molecule has 2 aliphatic heterocycles. The normalized spacial score (nSPS) is 21.8. The lowest BCUT2D eigenvalue weighted by Gasteiger charge is -2.36.